The van der Waals surface area contributed by atoms with Gasteiger partial charge in [-0.05, 0) is 31.4 Å². The number of likely N-dealkylation sites (tertiary alicyclic amines) is 1. The minimum Gasteiger partial charge on any atom is -0.338 e. The van der Waals surface area contributed by atoms with Gasteiger partial charge in [-0.2, -0.15) is 0 Å². The number of carbonyl (C=O) groups excluding carboxylic acids is 1. The lowest BCUT2D eigenvalue weighted by Crippen LogP contribution is -2.45. The van der Waals surface area contributed by atoms with E-state index in [0.717, 1.165) is 31.5 Å². The van der Waals surface area contributed by atoms with Gasteiger partial charge >= 0.3 is 0 Å². The molecule has 1 aromatic rings. The second-order valence-electron chi connectivity index (χ2n) is 5.82. The van der Waals surface area contributed by atoms with Crippen LogP contribution in [-0.4, -0.2) is 48.4 Å². The Kier molecular flexibility index (Phi) is 5.62. The third-order valence-corrected chi connectivity index (χ3v) is 4.66. The van der Waals surface area contributed by atoms with Crippen LogP contribution in [0.3, 0.4) is 0 Å². The fraction of sp³-hybridized carbons (Fsp3) is 0.562. The van der Waals surface area contributed by atoms with Gasteiger partial charge < -0.3 is 10.6 Å². The van der Waals surface area contributed by atoms with E-state index in [4.69, 9.17) is 17.3 Å². The standard InChI is InChI=1S/C16H24ClN3O/c1-12(14-5-3-4-6-15(14)17)19(2)16(21)11-20-9-7-13(18)8-10-20/h3-6,12-13H,7-11,18H2,1-2H3. The molecule has 1 amide bonds. The molecule has 5 heteroatoms. The molecular weight excluding hydrogens is 286 g/mol. The van der Waals surface area contributed by atoms with Crippen LogP contribution in [-0.2, 0) is 4.79 Å². The second kappa shape index (κ2) is 7.25. The van der Waals surface area contributed by atoms with Gasteiger partial charge in [0.05, 0.1) is 12.6 Å². The molecule has 1 aromatic carbocycles. The third kappa shape index (κ3) is 4.19. The maximum absolute atomic E-state index is 12.4. The number of rotatable bonds is 4. The minimum atomic E-state index is -0.0294. The van der Waals surface area contributed by atoms with Gasteiger partial charge in [0, 0.05) is 31.2 Å². The minimum absolute atomic E-state index is 0.0294. The molecule has 1 atom stereocenters. The van der Waals surface area contributed by atoms with Crippen molar-refractivity contribution >= 4 is 17.5 Å². The topological polar surface area (TPSA) is 49.6 Å². The molecule has 2 rings (SSSR count). The Morgan fingerprint density at radius 2 is 2.05 bits per heavy atom. The summed E-state index contributed by atoms with van der Waals surface area (Å²) in [5, 5.41) is 0.702. The molecule has 0 bridgehead atoms. The average molecular weight is 310 g/mol. The Morgan fingerprint density at radius 3 is 2.67 bits per heavy atom. The van der Waals surface area contributed by atoms with Crippen LogP contribution in [0.4, 0.5) is 0 Å². The highest BCUT2D eigenvalue weighted by molar-refractivity contribution is 6.31. The number of hydrogen-bond donors (Lipinski definition) is 1. The van der Waals surface area contributed by atoms with E-state index in [1.54, 1.807) is 4.90 Å². The molecule has 0 aliphatic carbocycles. The molecule has 1 fully saturated rings. The van der Waals surface area contributed by atoms with Crippen molar-refractivity contribution in [3.63, 3.8) is 0 Å². The zero-order valence-electron chi connectivity index (χ0n) is 12.8. The Morgan fingerprint density at radius 1 is 1.43 bits per heavy atom. The van der Waals surface area contributed by atoms with Crippen LogP contribution in [0.5, 0.6) is 0 Å². The number of likely N-dealkylation sites (N-methyl/N-ethyl adjacent to an activating group) is 1. The van der Waals surface area contributed by atoms with Crippen molar-refractivity contribution < 1.29 is 4.79 Å². The summed E-state index contributed by atoms with van der Waals surface area (Å²) in [5.41, 5.74) is 6.87. The summed E-state index contributed by atoms with van der Waals surface area (Å²) in [6.45, 7) is 4.27. The zero-order chi connectivity index (χ0) is 15.4. The first-order valence-corrected chi connectivity index (χ1v) is 7.85. The molecule has 21 heavy (non-hydrogen) atoms. The number of hydrogen-bond acceptors (Lipinski definition) is 3. The number of benzene rings is 1. The summed E-state index contributed by atoms with van der Waals surface area (Å²) >= 11 is 6.21. The van der Waals surface area contributed by atoms with E-state index in [1.807, 2.05) is 38.2 Å². The van der Waals surface area contributed by atoms with E-state index in [1.165, 1.54) is 0 Å². The Hall–Kier alpha value is -1.10. The summed E-state index contributed by atoms with van der Waals surface area (Å²) in [7, 11) is 1.84. The lowest BCUT2D eigenvalue weighted by atomic mass is 10.1. The first-order valence-electron chi connectivity index (χ1n) is 7.47. The van der Waals surface area contributed by atoms with Crippen molar-refractivity contribution in [2.45, 2.75) is 31.8 Å². The van der Waals surface area contributed by atoms with Crippen LogP contribution < -0.4 is 5.73 Å². The molecule has 4 nitrogen and oxygen atoms in total. The van der Waals surface area contributed by atoms with Crippen molar-refractivity contribution in [3.05, 3.63) is 34.9 Å². The number of nitrogens with zero attached hydrogens (tertiary/aromatic N) is 2. The van der Waals surface area contributed by atoms with E-state index < -0.39 is 0 Å². The predicted octanol–water partition coefficient (Wildman–Crippen LogP) is 2.28. The van der Waals surface area contributed by atoms with E-state index in [2.05, 4.69) is 4.90 Å². The van der Waals surface area contributed by atoms with Gasteiger partial charge in [-0.3, -0.25) is 9.69 Å². The van der Waals surface area contributed by atoms with Crippen molar-refractivity contribution in [1.29, 1.82) is 0 Å². The Labute approximate surface area is 131 Å². The highest BCUT2D eigenvalue weighted by Crippen LogP contribution is 2.26. The van der Waals surface area contributed by atoms with Crippen LogP contribution in [0, 0.1) is 0 Å². The van der Waals surface area contributed by atoms with Crippen LogP contribution >= 0.6 is 11.6 Å². The maximum Gasteiger partial charge on any atom is 0.236 e. The second-order valence-corrected chi connectivity index (χ2v) is 6.22. The summed E-state index contributed by atoms with van der Waals surface area (Å²) in [5.74, 6) is 0.123. The summed E-state index contributed by atoms with van der Waals surface area (Å²) in [4.78, 5) is 16.4. The lowest BCUT2D eigenvalue weighted by molar-refractivity contribution is -0.133. The molecule has 116 valence electrons. The van der Waals surface area contributed by atoms with E-state index in [9.17, 15) is 4.79 Å². The van der Waals surface area contributed by atoms with Crippen molar-refractivity contribution in [3.8, 4) is 0 Å². The van der Waals surface area contributed by atoms with Gasteiger partial charge in [0.15, 0.2) is 0 Å². The summed E-state index contributed by atoms with van der Waals surface area (Å²) in [6, 6.07) is 7.93. The first-order chi connectivity index (χ1) is 9.99. The molecule has 0 radical (unpaired) electrons. The number of halogens is 1. The smallest absolute Gasteiger partial charge is 0.236 e. The Balaban J connectivity index is 1.94. The van der Waals surface area contributed by atoms with Crippen LogP contribution in [0.25, 0.3) is 0 Å². The fourth-order valence-electron chi connectivity index (χ4n) is 2.65. The quantitative estimate of drug-likeness (QED) is 0.928. The molecule has 1 aliphatic heterocycles. The van der Waals surface area contributed by atoms with E-state index in [0.29, 0.717) is 11.6 Å². The maximum atomic E-state index is 12.4. The number of carbonyl (C=O) groups is 1. The SMILES string of the molecule is CC(c1ccccc1Cl)N(C)C(=O)CN1CCC(N)CC1. The molecule has 0 spiro atoms. The van der Waals surface area contributed by atoms with Crippen LogP contribution in [0.1, 0.15) is 31.4 Å². The van der Waals surface area contributed by atoms with Gasteiger partial charge in [-0.15, -0.1) is 0 Å². The van der Waals surface area contributed by atoms with Gasteiger partial charge in [0.1, 0.15) is 0 Å². The third-order valence-electron chi connectivity index (χ3n) is 4.32. The van der Waals surface area contributed by atoms with Gasteiger partial charge in [-0.1, -0.05) is 29.8 Å². The molecule has 1 saturated heterocycles. The molecule has 2 N–H and O–H groups in total. The van der Waals surface area contributed by atoms with Crippen LogP contribution in [0.15, 0.2) is 24.3 Å². The van der Waals surface area contributed by atoms with E-state index >= 15 is 0 Å². The van der Waals surface area contributed by atoms with Crippen molar-refractivity contribution in [2.75, 3.05) is 26.7 Å². The largest absolute Gasteiger partial charge is 0.338 e. The van der Waals surface area contributed by atoms with Gasteiger partial charge in [0.2, 0.25) is 5.91 Å². The normalized spacial score (nSPS) is 18.5. The number of nitrogens with two attached hydrogens (primary N) is 1. The summed E-state index contributed by atoms with van der Waals surface area (Å²) < 4.78 is 0. The van der Waals surface area contributed by atoms with Gasteiger partial charge in [0.25, 0.3) is 0 Å². The molecule has 0 saturated carbocycles. The summed E-state index contributed by atoms with van der Waals surface area (Å²) in [6.07, 6.45) is 1.94. The van der Waals surface area contributed by atoms with Crippen LogP contribution in [0.2, 0.25) is 5.02 Å². The lowest BCUT2D eigenvalue weighted by Gasteiger charge is -2.32. The monoisotopic (exact) mass is 309 g/mol. The molecule has 1 unspecified atom stereocenters. The highest BCUT2D eigenvalue weighted by atomic mass is 35.5. The Bertz CT molecular complexity index is 486. The fourth-order valence-corrected chi connectivity index (χ4v) is 2.95. The van der Waals surface area contributed by atoms with E-state index in [-0.39, 0.29) is 18.0 Å². The van der Waals surface area contributed by atoms with Crippen molar-refractivity contribution in [1.82, 2.24) is 9.80 Å². The molecule has 0 aromatic heterocycles. The molecule has 1 aliphatic rings. The number of amides is 1. The first kappa shape index (κ1) is 16.3. The van der Waals surface area contributed by atoms with Gasteiger partial charge in [-0.25, -0.2) is 0 Å². The molecule has 1 heterocycles. The molecular formula is C16H24ClN3O. The highest BCUT2D eigenvalue weighted by Gasteiger charge is 2.23. The average Bonchev–Trinajstić information content (AvgIpc) is 2.48. The predicted molar refractivity (Wildman–Crippen MR) is 86.3 cm³/mol. The zero-order valence-corrected chi connectivity index (χ0v) is 13.5. The van der Waals surface area contributed by atoms with Crippen molar-refractivity contribution in [2.24, 2.45) is 5.73 Å². The number of piperidine rings is 1.